The Morgan fingerprint density at radius 2 is 1.93 bits per heavy atom. The number of thioether (sulfide) groups is 1. The fourth-order valence-electron chi connectivity index (χ4n) is 2.61. The second kappa shape index (κ2) is 9.16. The zero-order valence-electron chi connectivity index (χ0n) is 14.7. The average molecular weight is 463 g/mol. The summed E-state index contributed by atoms with van der Waals surface area (Å²) in [6, 6.07) is 13.1. The van der Waals surface area contributed by atoms with Gasteiger partial charge in [0.1, 0.15) is 5.82 Å². The first-order valence-electron chi connectivity index (χ1n) is 8.44. The first kappa shape index (κ1) is 20.3. The molecule has 1 saturated heterocycles. The zero-order valence-corrected chi connectivity index (χ0v) is 17.1. The van der Waals surface area contributed by atoms with E-state index in [4.69, 9.17) is 0 Å². The van der Waals surface area contributed by atoms with Crippen LogP contribution in [-0.2, 0) is 16.0 Å². The van der Waals surface area contributed by atoms with Crippen LogP contribution in [0.25, 0.3) is 6.08 Å². The van der Waals surface area contributed by atoms with Gasteiger partial charge in [0.05, 0.1) is 11.3 Å². The summed E-state index contributed by atoms with van der Waals surface area (Å²) in [5.74, 6) is -0.976. The fraction of sp³-hybridized carbons (Fsp3) is 0.150. The van der Waals surface area contributed by atoms with Crippen LogP contribution in [0.15, 0.2) is 57.9 Å². The van der Waals surface area contributed by atoms with E-state index in [1.807, 2.05) is 24.3 Å². The summed E-state index contributed by atoms with van der Waals surface area (Å²) in [6.45, 7) is 0.268. The lowest BCUT2D eigenvalue weighted by Gasteiger charge is -2.13. The maximum Gasteiger partial charge on any atom is 0.293 e. The van der Waals surface area contributed by atoms with Crippen LogP contribution in [0.3, 0.4) is 0 Å². The number of halogens is 2. The molecule has 8 heteroatoms. The predicted octanol–water partition coefficient (Wildman–Crippen LogP) is 3.98. The van der Waals surface area contributed by atoms with E-state index in [9.17, 15) is 18.8 Å². The Hall–Kier alpha value is -2.45. The molecule has 5 nitrogen and oxygen atoms in total. The van der Waals surface area contributed by atoms with Gasteiger partial charge in [-0.25, -0.2) is 4.39 Å². The van der Waals surface area contributed by atoms with E-state index in [1.54, 1.807) is 6.08 Å². The largest absolute Gasteiger partial charge is 0.354 e. The molecular weight excluding hydrogens is 447 g/mol. The second-order valence-electron chi connectivity index (χ2n) is 6.04. The zero-order chi connectivity index (χ0) is 20.1. The number of imide groups is 1. The first-order chi connectivity index (χ1) is 13.4. The van der Waals surface area contributed by atoms with Gasteiger partial charge in [0, 0.05) is 17.6 Å². The molecule has 28 heavy (non-hydrogen) atoms. The number of hydrogen-bond acceptors (Lipinski definition) is 4. The molecule has 1 aliphatic rings. The number of benzene rings is 2. The standard InChI is InChI=1S/C20H16BrFN2O3S/c21-15-3-1-2-14(10-15)12-18(25)23-8-9-24-19(26)17(28-20(24)27)11-13-4-6-16(22)7-5-13/h1-7,10-11H,8-9,12H2,(H,23,25). The third-order valence-corrected chi connectivity index (χ3v) is 5.35. The Kier molecular flexibility index (Phi) is 6.64. The monoisotopic (exact) mass is 462 g/mol. The Balaban J connectivity index is 1.53. The summed E-state index contributed by atoms with van der Waals surface area (Å²) in [5, 5.41) is 2.33. The van der Waals surface area contributed by atoms with E-state index < -0.39 is 5.91 Å². The van der Waals surface area contributed by atoms with Crippen LogP contribution < -0.4 is 5.32 Å². The molecule has 1 N–H and O–H groups in total. The van der Waals surface area contributed by atoms with E-state index in [0.717, 1.165) is 26.7 Å². The van der Waals surface area contributed by atoms with Crippen LogP contribution >= 0.6 is 27.7 Å². The van der Waals surface area contributed by atoms with Crippen molar-refractivity contribution < 1.29 is 18.8 Å². The maximum atomic E-state index is 13.0. The van der Waals surface area contributed by atoms with Gasteiger partial charge in [-0.15, -0.1) is 0 Å². The van der Waals surface area contributed by atoms with Gasteiger partial charge < -0.3 is 5.32 Å². The van der Waals surface area contributed by atoms with Crippen molar-refractivity contribution in [1.82, 2.24) is 10.2 Å². The number of nitrogens with one attached hydrogen (secondary N) is 1. The number of nitrogens with zero attached hydrogens (tertiary/aromatic N) is 1. The highest BCUT2D eigenvalue weighted by Crippen LogP contribution is 2.31. The fourth-order valence-corrected chi connectivity index (χ4v) is 3.92. The number of rotatable bonds is 6. The van der Waals surface area contributed by atoms with E-state index in [-0.39, 0.29) is 41.4 Å². The third-order valence-electron chi connectivity index (χ3n) is 3.95. The van der Waals surface area contributed by atoms with Gasteiger partial charge in [0.25, 0.3) is 11.1 Å². The maximum absolute atomic E-state index is 13.0. The topological polar surface area (TPSA) is 66.5 Å². The molecule has 0 aliphatic carbocycles. The predicted molar refractivity (Wildman–Crippen MR) is 110 cm³/mol. The highest BCUT2D eigenvalue weighted by atomic mass is 79.9. The Morgan fingerprint density at radius 3 is 2.64 bits per heavy atom. The van der Waals surface area contributed by atoms with E-state index in [2.05, 4.69) is 21.2 Å². The minimum absolute atomic E-state index is 0.0929. The number of hydrogen-bond donors (Lipinski definition) is 1. The number of carbonyl (C=O) groups is 3. The van der Waals surface area contributed by atoms with E-state index in [1.165, 1.54) is 24.3 Å². The van der Waals surface area contributed by atoms with Crippen LogP contribution in [0.2, 0.25) is 0 Å². The van der Waals surface area contributed by atoms with Crippen molar-refractivity contribution in [2.75, 3.05) is 13.1 Å². The molecule has 144 valence electrons. The molecule has 2 aromatic carbocycles. The highest BCUT2D eigenvalue weighted by molar-refractivity contribution is 9.10. The van der Waals surface area contributed by atoms with E-state index >= 15 is 0 Å². The molecule has 0 radical (unpaired) electrons. The minimum atomic E-state index is -0.416. The van der Waals surface area contributed by atoms with Crippen molar-refractivity contribution in [3.8, 4) is 0 Å². The highest BCUT2D eigenvalue weighted by Gasteiger charge is 2.34. The molecule has 3 amide bonds. The summed E-state index contributed by atoms with van der Waals surface area (Å²) in [6.07, 6.45) is 1.77. The quantitative estimate of drug-likeness (QED) is 0.659. The van der Waals surface area contributed by atoms with E-state index in [0.29, 0.717) is 5.56 Å². The molecule has 2 aromatic rings. The molecule has 0 aromatic heterocycles. The molecule has 0 bridgehead atoms. The van der Waals surface area contributed by atoms with Gasteiger partial charge in [0.15, 0.2) is 0 Å². The van der Waals surface area contributed by atoms with Crippen LogP contribution in [0, 0.1) is 5.82 Å². The lowest BCUT2D eigenvalue weighted by atomic mass is 10.1. The van der Waals surface area contributed by atoms with Crippen LogP contribution in [0.4, 0.5) is 9.18 Å². The Labute approximate surface area is 174 Å². The second-order valence-corrected chi connectivity index (χ2v) is 7.95. The van der Waals surface area contributed by atoms with Crippen molar-refractivity contribution >= 4 is 50.8 Å². The van der Waals surface area contributed by atoms with Crippen LogP contribution in [0.5, 0.6) is 0 Å². The SMILES string of the molecule is O=C(Cc1cccc(Br)c1)NCCN1C(=O)SC(=Cc2ccc(F)cc2)C1=O. The van der Waals surface area contributed by atoms with Gasteiger partial charge in [-0.3, -0.25) is 19.3 Å². The van der Waals surface area contributed by atoms with Crippen LogP contribution in [-0.4, -0.2) is 35.0 Å². The number of amides is 3. The van der Waals surface area contributed by atoms with Gasteiger partial charge in [0.2, 0.25) is 5.91 Å². The Bertz CT molecular complexity index is 947. The molecule has 1 aliphatic heterocycles. The van der Waals surface area contributed by atoms with Crippen molar-refractivity contribution in [3.05, 3.63) is 74.9 Å². The summed E-state index contributed by atoms with van der Waals surface area (Å²) >= 11 is 4.19. The molecular formula is C20H16BrFN2O3S. The summed E-state index contributed by atoms with van der Waals surface area (Å²) in [7, 11) is 0. The van der Waals surface area contributed by atoms with Gasteiger partial charge >= 0.3 is 0 Å². The first-order valence-corrected chi connectivity index (χ1v) is 10.1. The molecule has 0 spiro atoms. The van der Waals surface area contributed by atoms with Gasteiger partial charge in [-0.2, -0.15) is 0 Å². The Morgan fingerprint density at radius 1 is 1.18 bits per heavy atom. The van der Waals surface area contributed by atoms with Crippen molar-refractivity contribution in [1.29, 1.82) is 0 Å². The lowest BCUT2D eigenvalue weighted by molar-refractivity contribution is -0.124. The van der Waals surface area contributed by atoms with Crippen LogP contribution in [0.1, 0.15) is 11.1 Å². The summed E-state index contributed by atoms with van der Waals surface area (Å²) < 4.78 is 13.9. The molecule has 1 fully saturated rings. The summed E-state index contributed by atoms with van der Waals surface area (Å²) in [5.41, 5.74) is 1.49. The van der Waals surface area contributed by atoms with Crippen molar-refractivity contribution in [2.45, 2.75) is 6.42 Å². The molecule has 3 rings (SSSR count). The number of carbonyl (C=O) groups excluding carboxylic acids is 3. The van der Waals surface area contributed by atoms with Crippen molar-refractivity contribution in [3.63, 3.8) is 0 Å². The van der Waals surface area contributed by atoms with Gasteiger partial charge in [-0.05, 0) is 53.2 Å². The molecule has 0 unspecified atom stereocenters. The average Bonchev–Trinajstić information content (AvgIpc) is 2.91. The normalized spacial score (nSPS) is 15.4. The summed E-state index contributed by atoms with van der Waals surface area (Å²) in [4.78, 5) is 37.9. The third kappa shape index (κ3) is 5.30. The minimum Gasteiger partial charge on any atom is -0.354 e. The molecule has 0 saturated carbocycles. The van der Waals surface area contributed by atoms with Crippen molar-refractivity contribution in [2.24, 2.45) is 0 Å². The molecule has 0 atom stereocenters. The lowest BCUT2D eigenvalue weighted by Crippen LogP contribution is -2.37. The smallest absolute Gasteiger partial charge is 0.293 e. The van der Waals surface area contributed by atoms with Gasteiger partial charge in [-0.1, -0.05) is 40.2 Å². The molecule has 1 heterocycles.